The van der Waals surface area contributed by atoms with Gasteiger partial charge in [0.15, 0.2) is 0 Å². The van der Waals surface area contributed by atoms with Gasteiger partial charge in [0.1, 0.15) is 5.75 Å². The fourth-order valence-corrected chi connectivity index (χ4v) is 1.79. The van der Waals surface area contributed by atoms with Gasteiger partial charge in [-0.2, -0.15) is 13.2 Å². The molecule has 0 bridgehead atoms. The Morgan fingerprint density at radius 2 is 2.00 bits per heavy atom. The Morgan fingerprint density at radius 1 is 1.29 bits per heavy atom. The molecule has 0 spiro atoms. The molecule has 1 aromatic rings. The van der Waals surface area contributed by atoms with Crippen LogP contribution in [0.25, 0.3) is 0 Å². The zero-order chi connectivity index (χ0) is 12.5. The normalized spacial score (nSPS) is 16.9. The van der Waals surface area contributed by atoms with Crippen LogP contribution in [0.2, 0.25) is 0 Å². The summed E-state index contributed by atoms with van der Waals surface area (Å²) in [6.45, 7) is 0.411. The van der Waals surface area contributed by atoms with Crippen molar-refractivity contribution >= 4 is 0 Å². The molecule has 17 heavy (non-hydrogen) atoms. The van der Waals surface area contributed by atoms with Crippen molar-refractivity contribution in [1.29, 1.82) is 0 Å². The molecule has 94 valence electrons. The minimum absolute atomic E-state index is 0.411. The van der Waals surface area contributed by atoms with Gasteiger partial charge in [-0.15, -0.1) is 0 Å². The number of phenolic OH excluding ortho intramolecular Hbond substituents is 1. The second-order valence-electron chi connectivity index (χ2n) is 4.36. The number of halogens is 3. The second kappa shape index (κ2) is 4.56. The third-order valence-electron chi connectivity index (χ3n) is 3.07. The quantitative estimate of drug-likeness (QED) is 0.857. The van der Waals surface area contributed by atoms with E-state index in [4.69, 9.17) is 5.11 Å². The van der Waals surface area contributed by atoms with Crippen LogP contribution in [-0.2, 0) is 12.7 Å². The molecule has 0 heterocycles. The lowest BCUT2D eigenvalue weighted by Crippen LogP contribution is -2.34. The highest BCUT2D eigenvalue weighted by Crippen LogP contribution is 2.36. The Kier molecular flexibility index (Phi) is 3.28. The van der Waals surface area contributed by atoms with Crippen molar-refractivity contribution in [2.75, 3.05) is 0 Å². The highest BCUT2D eigenvalue weighted by atomic mass is 19.4. The molecular weight excluding hydrogens is 231 g/mol. The number of hydrogen-bond donors (Lipinski definition) is 2. The zero-order valence-electron chi connectivity index (χ0n) is 9.22. The van der Waals surface area contributed by atoms with E-state index in [2.05, 4.69) is 5.32 Å². The SMILES string of the molecule is Oc1ccc(CNC2CCC2)cc1C(F)(F)F. The van der Waals surface area contributed by atoms with Gasteiger partial charge in [-0.3, -0.25) is 0 Å². The lowest BCUT2D eigenvalue weighted by atomic mass is 9.93. The largest absolute Gasteiger partial charge is 0.507 e. The number of nitrogens with one attached hydrogen (secondary N) is 1. The molecule has 2 N–H and O–H groups in total. The van der Waals surface area contributed by atoms with Crippen LogP contribution >= 0.6 is 0 Å². The Balaban J connectivity index is 2.07. The fraction of sp³-hybridized carbons (Fsp3) is 0.500. The average Bonchev–Trinajstić information content (AvgIpc) is 2.16. The van der Waals surface area contributed by atoms with Crippen molar-refractivity contribution in [3.05, 3.63) is 29.3 Å². The summed E-state index contributed by atoms with van der Waals surface area (Å²) in [5.41, 5.74) is -0.424. The van der Waals surface area contributed by atoms with E-state index in [0.29, 0.717) is 18.2 Å². The molecule has 0 aliphatic heterocycles. The molecule has 1 aliphatic carbocycles. The summed E-state index contributed by atoms with van der Waals surface area (Å²) < 4.78 is 37.6. The van der Waals surface area contributed by atoms with E-state index in [1.54, 1.807) is 0 Å². The van der Waals surface area contributed by atoms with Crippen LogP contribution in [0.1, 0.15) is 30.4 Å². The van der Waals surface area contributed by atoms with Crippen molar-refractivity contribution in [2.45, 2.75) is 38.0 Å². The van der Waals surface area contributed by atoms with Crippen LogP contribution in [0.3, 0.4) is 0 Å². The van der Waals surface area contributed by atoms with Crippen molar-refractivity contribution < 1.29 is 18.3 Å². The average molecular weight is 245 g/mol. The van der Waals surface area contributed by atoms with Gasteiger partial charge in [0, 0.05) is 12.6 Å². The molecule has 2 rings (SSSR count). The number of aromatic hydroxyl groups is 1. The Labute approximate surface area is 97.5 Å². The zero-order valence-corrected chi connectivity index (χ0v) is 9.22. The highest BCUT2D eigenvalue weighted by molar-refractivity contribution is 5.38. The van der Waals surface area contributed by atoms with Gasteiger partial charge in [0.2, 0.25) is 0 Å². The topological polar surface area (TPSA) is 32.3 Å². The molecule has 1 aromatic carbocycles. The maximum atomic E-state index is 12.5. The maximum absolute atomic E-state index is 12.5. The van der Waals surface area contributed by atoms with Crippen molar-refractivity contribution in [3.63, 3.8) is 0 Å². The molecule has 0 atom stereocenters. The molecular formula is C12H14F3NO. The molecule has 1 aliphatic rings. The van der Waals surface area contributed by atoms with Gasteiger partial charge in [0.05, 0.1) is 5.56 Å². The molecule has 0 radical (unpaired) electrons. The predicted octanol–water partition coefficient (Wildman–Crippen LogP) is 3.05. The van der Waals surface area contributed by atoms with Crippen LogP contribution < -0.4 is 5.32 Å². The van der Waals surface area contributed by atoms with Crippen LogP contribution in [0.15, 0.2) is 18.2 Å². The molecule has 0 saturated heterocycles. The fourth-order valence-electron chi connectivity index (χ4n) is 1.79. The molecule has 2 nitrogen and oxygen atoms in total. The third-order valence-corrected chi connectivity index (χ3v) is 3.07. The number of rotatable bonds is 3. The molecule has 5 heteroatoms. The van der Waals surface area contributed by atoms with Crippen LogP contribution in [0, 0.1) is 0 Å². The standard InChI is InChI=1S/C12H14F3NO/c13-12(14,15)10-6-8(4-5-11(10)17)7-16-9-2-1-3-9/h4-6,9,16-17H,1-3,7H2. The summed E-state index contributed by atoms with van der Waals surface area (Å²) in [6.07, 6.45) is -1.15. The van der Waals surface area contributed by atoms with Crippen LogP contribution in [-0.4, -0.2) is 11.1 Å². The predicted molar refractivity (Wildman–Crippen MR) is 57.6 cm³/mol. The number of alkyl halides is 3. The molecule has 0 amide bonds. The van der Waals surface area contributed by atoms with Gasteiger partial charge in [-0.25, -0.2) is 0 Å². The van der Waals surface area contributed by atoms with Gasteiger partial charge < -0.3 is 10.4 Å². The van der Waals surface area contributed by atoms with Gasteiger partial charge in [-0.05, 0) is 30.5 Å². The van der Waals surface area contributed by atoms with E-state index in [1.165, 1.54) is 12.5 Å². The molecule has 1 saturated carbocycles. The number of phenols is 1. The first-order valence-corrected chi connectivity index (χ1v) is 5.59. The summed E-state index contributed by atoms with van der Waals surface area (Å²) in [6, 6.07) is 4.04. The molecule has 0 unspecified atom stereocenters. The van der Waals surface area contributed by atoms with Gasteiger partial charge in [-0.1, -0.05) is 12.5 Å². The Hall–Kier alpha value is -1.23. The van der Waals surface area contributed by atoms with E-state index in [9.17, 15) is 13.2 Å². The first-order chi connectivity index (χ1) is 7.97. The van der Waals surface area contributed by atoms with E-state index in [1.807, 2.05) is 0 Å². The van der Waals surface area contributed by atoms with E-state index in [-0.39, 0.29) is 0 Å². The monoisotopic (exact) mass is 245 g/mol. The first-order valence-electron chi connectivity index (χ1n) is 5.59. The van der Waals surface area contributed by atoms with Crippen molar-refractivity contribution in [1.82, 2.24) is 5.32 Å². The minimum atomic E-state index is -4.50. The van der Waals surface area contributed by atoms with Crippen LogP contribution in [0.4, 0.5) is 13.2 Å². The maximum Gasteiger partial charge on any atom is 0.419 e. The summed E-state index contributed by atoms with van der Waals surface area (Å²) >= 11 is 0. The molecule has 0 aromatic heterocycles. The summed E-state index contributed by atoms with van der Waals surface area (Å²) in [5.74, 6) is -0.718. The second-order valence-corrected chi connectivity index (χ2v) is 4.36. The minimum Gasteiger partial charge on any atom is -0.507 e. The lowest BCUT2D eigenvalue weighted by molar-refractivity contribution is -0.138. The summed E-state index contributed by atoms with van der Waals surface area (Å²) in [7, 11) is 0. The smallest absolute Gasteiger partial charge is 0.419 e. The van der Waals surface area contributed by atoms with E-state index < -0.39 is 17.5 Å². The Bertz CT molecular complexity index is 399. The van der Waals surface area contributed by atoms with Crippen molar-refractivity contribution in [2.24, 2.45) is 0 Å². The summed E-state index contributed by atoms with van der Waals surface area (Å²) in [4.78, 5) is 0. The van der Waals surface area contributed by atoms with Gasteiger partial charge >= 0.3 is 6.18 Å². The highest BCUT2D eigenvalue weighted by Gasteiger charge is 2.34. The molecule has 1 fully saturated rings. The lowest BCUT2D eigenvalue weighted by Gasteiger charge is -2.26. The number of benzene rings is 1. The van der Waals surface area contributed by atoms with Crippen LogP contribution in [0.5, 0.6) is 5.75 Å². The Morgan fingerprint density at radius 3 is 2.53 bits per heavy atom. The van der Waals surface area contributed by atoms with E-state index >= 15 is 0 Å². The summed E-state index contributed by atoms with van der Waals surface area (Å²) in [5, 5.41) is 12.3. The van der Waals surface area contributed by atoms with E-state index in [0.717, 1.165) is 25.0 Å². The number of hydrogen-bond acceptors (Lipinski definition) is 2. The van der Waals surface area contributed by atoms with Gasteiger partial charge in [0.25, 0.3) is 0 Å². The first kappa shape index (κ1) is 12.2. The third kappa shape index (κ3) is 2.91. The van der Waals surface area contributed by atoms with Crippen molar-refractivity contribution in [3.8, 4) is 5.75 Å².